The standard InChI is InChI=1S/C21H31NO2/c1-13(2)14-7-9-16-15(18(14)22)8-10-17-20(16,3)11-6-12-21(17,4)19(23)24-5/h7,9,13,17H,6,8,10-12,22H2,1-5H3/t17-,20-,21-/m1/s1. The van der Waals surface area contributed by atoms with Crippen molar-refractivity contribution in [1.82, 2.24) is 0 Å². The highest BCUT2D eigenvalue weighted by Gasteiger charge is 2.55. The lowest BCUT2D eigenvalue weighted by molar-refractivity contribution is -0.161. The number of anilines is 1. The Hall–Kier alpha value is -1.51. The molecule has 1 aromatic rings. The van der Waals surface area contributed by atoms with Gasteiger partial charge in [0.25, 0.3) is 0 Å². The zero-order chi connectivity index (χ0) is 17.7. The number of methoxy groups -OCH3 is 1. The molecule has 0 amide bonds. The summed E-state index contributed by atoms with van der Waals surface area (Å²) < 4.78 is 5.19. The van der Waals surface area contributed by atoms with Crippen LogP contribution in [0, 0.1) is 11.3 Å². The van der Waals surface area contributed by atoms with E-state index in [0.29, 0.717) is 11.8 Å². The van der Waals surface area contributed by atoms with E-state index < -0.39 is 0 Å². The molecule has 1 saturated carbocycles. The monoisotopic (exact) mass is 329 g/mol. The lowest BCUT2D eigenvalue weighted by Gasteiger charge is -2.54. The quantitative estimate of drug-likeness (QED) is 0.638. The number of carbonyl (C=O) groups excluding carboxylic acids is 1. The highest BCUT2D eigenvalue weighted by molar-refractivity contribution is 5.77. The van der Waals surface area contributed by atoms with Crippen LogP contribution in [0.4, 0.5) is 5.69 Å². The Balaban J connectivity index is 2.11. The van der Waals surface area contributed by atoms with Crippen LogP contribution < -0.4 is 5.73 Å². The first kappa shape index (κ1) is 17.3. The van der Waals surface area contributed by atoms with E-state index in [1.54, 1.807) is 0 Å². The minimum Gasteiger partial charge on any atom is -0.469 e. The van der Waals surface area contributed by atoms with Crippen LogP contribution in [-0.2, 0) is 21.4 Å². The van der Waals surface area contributed by atoms with Gasteiger partial charge in [0, 0.05) is 5.69 Å². The van der Waals surface area contributed by atoms with Gasteiger partial charge in [0.1, 0.15) is 0 Å². The van der Waals surface area contributed by atoms with Crippen LogP contribution in [0.5, 0.6) is 0 Å². The first-order valence-corrected chi connectivity index (χ1v) is 9.26. The van der Waals surface area contributed by atoms with E-state index in [2.05, 4.69) is 39.8 Å². The minimum atomic E-state index is -0.384. The Morgan fingerprint density at radius 1 is 1.29 bits per heavy atom. The summed E-state index contributed by atoms with van der Waals surface area (Å²) in [7, 11) is 1.52. The normalized spacial score (nSPS) is 32.2. The summed E-state index contributed by atoms with van der Waals surface area (Å²) in [5.74, 6) is 0.712. The van der Waals surface area contributed by atoms with Crippen molar-refractivity contribution >= 4 is 11.7 Å². The molecule has 1 fully saturated rings. The Bertz CT molecular complexity index is 666. The van der Waals surface area contributed by atoms with Gasteiger partial charge < -0.3 is 10.5 Å². The predicted molar refractivity (Wildman–Crippen MR) is 98.1 cm³/mol. The van der Waals surface area contributed by atoms with E-state index in [1.807, 2.05) is 0 Å². The van der Waals surface area contributed by atoms with E-state index >= 15 is 0 Å². The number of nitrogen functional groups attached to an aromatic ring is 1. The van der Waals surface area contributed by atoms with Gasteiger partial charge in [-0.3, -0.25) is 4.79 Å². The topological polar surface area (TPSA) is 52.3 Å². The third-order valence-electron chi connectivity index (χ3n) is 6.89. The number of nitrogens with two attached hydrogens (primary N) is 1. The van der Waals surface area contributed by atoms with Crippen LogP contribution in [0.15, 0.2) is 12.1 Å². The molecule has 0 aliphatic heterocycles. The van der Waals surface area contributed by atoms with E-state index in [0.717, 1.165) is 37.8 Å². The Labute approximate surface area is 146 Å². The third kappa shape index (κ3) is 2.28. The summed E-state index contributed by atoms with van der Waals surface area (Å²) in [6, 6.07) is 4.49. The maximum absolute atomic E-state index is 12.6. The molecule has 3 rings (SSSR count). The fourth-order valence-electron chi connectivity index (χ4n) is 5.59. The molecule has 0 bridgehead atoms. The van der Waals surface area contributed by atoms with Crippen molar-refractivity contribution in [2.45, 2.75) is 71.1 Å². The molecule has 0 unspecified atom stereocenters. The summed E-state index contributed by atoms with van der Waals surface area (Å²) in [4.78, 5) is 12.6. The molecule has 2 aliphatic rings. The number of fused-ring (bicyclic) bond motifs is 3. The van der Waals surface area contributed by atoms with Gasteiger partial charge in [-0.15, -0.1) is 0 Å². The maximum Gasteiger partial charge on any atom is 0.311 e. The molecule has 2 N–H and O–H groups in total. The number of ether oxygens (including phenoxy) is 1. The summed E-state index contributed by atoms with van der Waals surface area (Å²) >= 11 is 0. The van der Waals surface area contributed by atoms with Crippen molar-refractivity contribution in [1.29, 1.82) is 0 Å². The zero-order valence-electron chi connectivity index (χ0n) is 15.7. The number of carbonyl (C=O) groups is 1. The molecular weight excluding hydrogens is 298 g/mol. The molecule has 3 nitrogen and oxygen atoms in total. The van der Waals surface area contributed by atoms with Crippen molar-refractivity contribution in [3.8, 4) is 0 Å². The molecule has 2 aliphatic carbocycles. The lowest BCUT2D eigenvalue weighted by atomic mass is 9.49. The Morgan fingerprint density at radius 2 is 2.00 bits per heavy atom. The van der Waals surface area contributed by atoms with Gasteiger partial charge in [-0.2, -0.15) is 0 Å². The predicted octanol–water partition coefficient (Wildman–Crippen LogP) is 4.58. The summed E-state index contributed by atoms with van der Waals surface area (Å²) in [5, 5.41) is 0. The molecule has 0 radical (unpaired) electrons. The van der Waals surface area contributed by atoms with Crippen molar-refractivity contribution < 1.29 is 9.53 Å². The number of hydrogen-bond donors (Lipinski definition) is 1. The number of esters is 1. The highest BCUT2D eigenvalue weighted by atomic mass is 16.5. The highest BCUT2D eigenvalue weighted by Crippen LogP contribution is 2.58. The van der Waals surface area contributed by atoms with Crippen LogP contribution in [0.2, 0.25) is 0 Å². The Kier molecular flexibility index (Phi) is 4.17. The molecule has 0 aromatic heterocycles. The smallest absolute Gasteiger partial charge is 0.311 e. The number of rotatable bonds is 2. The molecule has 3 heteroatoms. The second-order valence-corrected chi connectivity index (χ2v) is 8.52. The van der Waals surface area contributed by atoms with Crippen molar-refractivity contribution in [3.63, 3.8) is 0 Å². The average Bonchev–Trinajstić information content (AvgIpc) is 2.54. The van der Waals surface area contributed by atoms with E-state index in [9.17, 15) is 4.79 Å². The fraction of sp³-hybridized carbons (Fsp3) is 0.667. The number of benzene rings is 1. The zero-order valence-corrected chi connectivity index (χ0v) is 15.7. The van der Waals surface area contributed by atoms with Crippen LogP contribution in [0.1, 0.15) is 76.0 Å². The van der Waals surface area contributed by atoms with Gasteiger partial charge >= 0.3 is 5.97 Å². The summed E-state index contributed by atoms with van der Waals surface area (Å²) in [5.41, 5.74) is 11.1. The second kappa shape index (κ2) is 5.79. The fourth-order valence-corrected chi connectivity index (χ4v) is 5.59. The molecule has 1 aromatic carbocycles. The molecular formula is C21H31NO2. The van der Waals surface area contributed by atoms with Crippen molar-refractivity contribution in [2.75, 3.05) is 12.8 Å². The Morgan fingerprint density at radius 3 is 2.62 bits per heavy atom. The largest absolute Gasteiger partial charge is 0.469 e. The van der Waals surface area contributed by atoms with E-state index in [4.69, 9.17) is 10.5 Å². The molecule has 0 saturated heterocycles. The first-order chi connectivity index (χ1) is 11.3. The average molecular weight is 329 g/mol. The van der Waals surface area contributed by atoms with Gasteiger partial charge in [0.15, 0.2) is 0 Å². The SMILES string of the molecule is COC(=O)[C@]1(C)CCC[C@]2(C)c3ccc(C(C)C)c(N)c3CC[C@@H]12. The van der Waals surface area contributed by atoms with Gasteiger partial charge in [0.2, 0.25) is 0 Å². The summed E-state index contributed by atoms with van der Waals surface area (Å²) in [6.45, 7) is 8.84. The van der Waals surface area contributed by atoms with Crippen LogP contribution in [-0.4, -0.2) is 13.1 Å². The molecule has 132 valence electrons. The lowest BCUT2D eigenvalue weighted by Crippen LogP contribution is -2.52. The maximum atomic E-state index is 12.6. The second-order valence-electron chi connectivity index (χ2n) is 8.52. The first-order valence-electron chi connectivity index (χ1n) is 9.26. The van der Waals surface area contributed by atoms with Gasteiger partial charge in [-0.05, 0) is 66.5 Å². The van der Waals surface area contributed by atoms with Crippen LogP contribution in [0.3, 0.4) is 0 Å². The summed E-state index contributed by atoms with van der Waals surface area (Å²) in [6.07, 6.45) is 5.09. The molecule has 24 heavy (non-hydrogen) atoms. The van der Waals surface area contributed by atoms with E-state index in [1.165, 1.54) is 23.8 Å². The van der Waals surface area contributed by atoms with E-state index in [-0.39, 0.29) is 16.8 Å². The minimum absolute atomic E-state index is 0.0123. The van der Waals surface area contributed by atoms with Gasteiger partial charge in [-0.1, -0.05) is 39.3 Å². The van der Waals surface area contributed by atoms with Crippen LogP contribution >= 0.6 is 0 Å². The van der Waals surface area contributed by atoms with Gasteiger partial charge in [0.05, 0.1) is 12.5 Å². The molecule has 3 atom stereocenters. The van der Waals surface area contributed by atoms with Crippen molar-refractivity contribution in [2.24, 2.45) is 11.3 Å². The van der Waals surface area contributed by atoms with Gasteiger partial charge in [-0.25, -0.2) is 0 Å². The number of hydrogen-bond acceptors (Lipinski definition) is 3. The molecule has 0 spiro atoms. The third-order valence-corrected chi connectivity index (χ3v) is 6.89. The van der Waals surface area contributed by atoms with Crippen LogP contribution in [0.25, 0.3) is 0 Å². The van der Waals surface area contributed by atoms with Crippen molar-refractivity contribution in [3.05, 3.63) is 28.8 Å². The molecule has 0 heterocycles.